The lowest BCUT2D eigenvalue weighted by molar-refractivity contribution is 0.264. The maximum absolute atomic E-state index is 9.61. The summed E-state index contributed by atoms with van der Waals surface area (Å²) in [6.07, 6.45) is 0.765. The van der Waals surface area contributed by atoms with Crippen LogP contribution in [-0.2, 0) is 6.42 Å². The molecule has 106 valence electrons. The van der Waals surface area contributed by atoms with Crippen molar-refractivity contribution in [1.29, 1.82) is 0 Å². The van der Waals surface area contributed by atoms with Crippen molar-refractivity contribution in [3.8, 4) is 11.5 Å². The van der Waals surface area contributed by atoms with Crippen LogP contribution in [0.3, 0.4) is 0 Å². The first-order valence-corrected chi connectivity index (χ1v) is 6.65. The second kappa shape index (κ2) is 6.96. The molecule has 0 aromatic heterocycles. The maximum atomic E-state index is 9.61. The summed E-state index contributed by atoms with van der Waals surface area (Å²) in [6, 6.07) is 15.9. The topological polar surface area (TPSA) is 38.7 Å². The Morgan fingerprint density at radius 2 is 1.65 bits per heavy atom. The highest BCUT2D eigenvalue weighted by molar-refractivity contribution is 5.43. The molecule has 0 aliphatic rings. The van der Waals surface area contributed by atoms with Gasteiger partial charge in [-0.25, -0.2) is 0 Å². The SMILES string of the molecule is COc1ccc(CC(CO)c2ccccc2)cc1OC. The van der Waals surface area contributed by atoms with Crippen LogP contribution in [0, 0.1) is 0 Å². The number of benzene rings is 2. The molecule has 3 nitrogen and oxygen atoms in total. The van der Waals surface area contributed by atoms with Gasteiger partial charge < -0.3 is 14.6 Å². The van der Waals surface area contributed by atoms with Gasteiger partial charge in [0.15, 0.2) is 11.5 Å². The van der Waals surface area contributed by atoms with Gasteiger partial charge >= 0.3 is 0 Å². The molecule has 3 heteroatoms. The third kappa shape index (κ3) is 3.31. The average Bonchev–Trinajstić information content (AvgIpc) is 2.53. The van der Waals surface area contributed by atoms with Crippen LogP contribution in [0.15, 0.2) is 48.5 Å². The fourth-order valence-corrected chi connectivity index (χ4v) is 2.31. The highest BCUT2D eigenvalue weighted by Gasteiger charge is 2.13. The Morgan fingerprint density at radius 1 is 0.950 bits per heavy atom. The minimum atomic E-state index is 0.0919. The molecule has 0 aliphatic carbocycles. The average molecular weight is 272 g/mol. The standard InChI is InChI=1S/C17H20O3/c1-19-16-9-8-13(11-17(16)20-2)10-15(12-18)14-6-4-3-5-7-14/h3-9,11,15,18H,10,12H2,1-2H3. The van der Waals surface area contributed by atoms with E-state index in [1.54, 1.807) is 14.2 Å². The smallest absolute Gasteiger partial charge is 0.160 e. The fourth-order valence-electron chi connectivity index (χ4n) is 2.31. The van der Waals surface area contributed by atoms with Gasteiger partial charge in [0.05, 0.1) is 20.8 Å². The van der Waals surface area contributed by atoms with E-state index in [9.17, 15) is 5.11 Å². The van der Waals surface area contributed by atoms with Crippen molar-refractivity contribution in [1.82, 2.24) is 0 Å². The van der Waals surface area contributed by atoms with E-state index in [1.165, 1.54) is 0 Å². The Morgan fingerprint density at radius 3 is 2.25 bits per heavy atom. The molecule has 2 aromatic carbocycles. The monoisotopic (exact) mass is 272 g/mol. The summed E-state index contributed by atoms with van der Waals surface area (Å²) < 4.78 is 10.5. The van der Waals surface area contributed by atoms with E-state index < -0.39 is 0 Å². The molecule has 1 unspecified atom stereocenters. The molecule has 2 rings (SSSR count). The van der Waals surface area contributed by atoms with Crippen molar-refractivity contribution in [2.45, 2.75) is 12.3 Å². The summed E-state index contributed by atoms with van der Waals surface area (Å²) in [6.45, 7) is 0.123. The predicted molar refractivity (Wildman–Crippen MR) is 79.5 cm³/mol. The zero-order chi connectivity index (χ0) is 14.4. The largest absolute Gasteiger partial charge is 0.493 e. The minimum Gasteiger partial charge on any atom is -0.493 e. The molecule has 0 amide bonds. The third-order valence-corrected chi connectivity index (χ3v) is 3.42. The van der Waals surface area contributed by atoms with Crippen molar-refractivity contribution >= 4 is 0 Å². The van der Waals surface area contributed by atoms with Gasteiger partial charge in [-0.05, 0) is 29.7 Å². The summed E-state index contributed by atoms with van der Waals surface area (Å²) in [7, 11) is 3.25. The zero-order valence-electron chi connectivity index (χ0n) is 11.9. The van der Waals surface area contributed by atoms with Crippen molar-refractivity contribution in [2.75, 3.05) is 20.8 Å². The molecule has 0 saturated heterocycles. The first-order valence-electron chi connectivity index (χ1n) is 6.65. The van der Waals surface area contributed by atoms with E-state index in [0.717, 1.165) is 29.0 Å². The van der Waals surface area contributed by atoms with Gasteiger partial charge in [-0.1, -0.05) is 36.4 Å². The molecular formula is C17H20O3. The summed E-state index contributed by atoms with van der Waals surface area (Å²) in [5.41, 5.74) is 2.26. The molecular weight excluding hydrogens is 252 g/mol. The zero-order valence-corrected chi connectivity index (χ0v) is 11.9. The van der Waals surface area contributed by atoms with Crippen molar-refractivity contribution < 1.29 is 14.6 Å². The molecule has 1 atom stereocenters. The number of aliphatic hydroxyl groups is 1. The summed E-state index contributed by atoms with van der Waals surface area (Å²) >= 11 is 0. The summed E-state index contributed by atoms with van der Waals surface area (Å²) in [5.74, 6) is 1.53. The molecule has 0 aliphatic heterocycles. The van der Waals surface area contributed by atoms with Crippen molar-refractivity contribution in [3.63, 3.8) is 0 Å². The van der Waals surface area contributed by atoms with Gasteiger partial charge in [-0.2, -0.15) is 0 Å². The molecule has 1 N–H and O–H groups in total. The third-order valence-electron chi connectivity index (χ3n) is 3.42. The Hall–Kier alpha value is -2.00. The molecule has 0 bridgehead atoms. The van der Waals surface area contributed by atoms with E-state index in [0.29, 0.717) is 0 Å². The van der Waals surface area contributed by atoms with E-state index >= 15 is 0 Å². The first kappa shape index (κ1) is 14.4. The van der Waals surface area contributed by atoms with E-state index in [-0.39, 0.29) is 12.5 Å². The van der Waals surface area contributed by atoms with Gasteiger partial charge in [0.1, 0.15) is 0 Å². The van der Waals surface area contributed by atoms with Crippen LogP contribution in [0.25, 0.3) is 0 Å². The normalized spacial score (nSPS) is 11.9. The number of aliphatic hydroxyl groups excluding tert-OH is 1. The lowest BCUT2D eigenvalue weighted by atomic mass is 9.92. The molecule has 0 radical (unpaired) electrons. The number of hydrogen-bond donors (Lipinski definition) is 1. The van der Waals surface area contributed by atoms with Crippen LogP contribution in [0.2, 0.25) is 0 Å². The number of ether oxygens (including phenoxy) is 2. The van der Waals surface area contributed by atoms with Gasteiger partial charge in [-0.3, -0.25) is 0 Å². The second-order valence-corrected chi connectivity index (χ2v) is 4.68. The molecule has 0 saturated carbocycles. The van der Waals surface area contributed by atoms with Crippen LogP contribution in [0.4, 0.5) is 0 Å². The fraction of sp³-hybridized carbons (Fsp3) is 0.294. The highest BCUT2D eigenvalue weighted by atomic mass is 16.5. The Kier molecular flexibility index (Phi) is 5.02. The quantitative estimate of drug-likeness (QED) is 0.878. The van der Waals surface area contributed by atoms with Crippen LogP contribution < -0.4 is 9.47 Å². The van der Waals surface area contributed by atoms with Crippen LogP contribution in [-0.4, -0.2) is 25.9 Å². The second-order valence-electron chi connectivity index (χ2n) is 4.68. The van der Waals surface area contributed by atoms with Crippen molar-refractivity contribution in [3.05, 3.63) is 59.7 Å². The molecule has 20 heavy (non-hydrogen) atoms. The van der Waals surface area contributed by atoms with E-state index in [2.05, 4.69) is 0 Å². The Bertz CT molecular complexity index is 537. The lowest BCUT2D eigenvalue weighted by Crippen LogP contribution is -2.08. The molecule has 0 heterocycles. The lowest BCUT2D eigenvalue weighted by Gasteiger charge is -2.16. The summed E-state index contributed by atoms with van der Waals surface area (Å²) in [5, 5.41) is 9.61. The highest BCUT2D eigenvalue weighted by Crippen LogP contribution is 2.30. The molecule has 0 fully saturated rings. The molecule has 2 aromatic rings. The van der Waals surface area contributed by atoms with Gasteiger partial charge in [0.25, 0.3) is 0 Å². The number of rotatable bonds is 6. The number of methoxy groups -OCH3 is 2. The van der Waals surface area contributed by atoms with Crippen LogP contribution in [0.5, 0.6) is 11.5 Å². The van der Waals surface area contributed by atoms with Gasteiger partial charge in [-0.15, -0.1) is 0 Å². The van der Waals surface area contributed by atoms with Crippen LogP contribution >= 0.6 is 0 Å². The van der Waals surface area contributed by atoms with Gasteiger partial charge in [0.2, 0.25) is 0 Å². The Labute approximate surface area is 119 Å². The van der Waals surface area contributed by atoms with Crippen molar-refractivity contribution in [2.24, 2.45) is 0 Å². The first-order chi connectivity index (χ1) is 9.78. The maximum Gasteiger partial charge on any atom is 0.160 e. The number of hydrogen-bond acceptors (Lipinski definition) is 3. The molecule has 0 spiro atoms. The Balaban J connectivity index is 2.20. The predicted octanol–water partition coefficient (Wildman–Crippen LogP) is 3.02. The van der Waals surface area contributed by atoms with E-state index in [1.807, 2.05) is 48.5 Å². The summed E-state index contributed by atoms with van der Waals surface area (Å²) in [4.78, 5) is 0. The van der Waals surface area contributed by atoms with Crippen LogP contribution in [0.1, 0.15) is 17.0 Å². The minimum absolute atomic E-state index is 0.0919. The van der Waals surface area contributed by atoms with Gasteiger partial charge in [0, 0.05) is 5.92 Å². The van der Waals surface area contributed by atoms with E-state index in [4.69, 9.17) is 9.47 Å².